The highest BCUT2D eigenvalue weighted by Gasteiger charge is 2.02. The van der Waals surface area contributed by atoms with E-state index in [-0.39, 0.29) is 5.91 Å². The molecule has 0 aromatic carbocycles. The van der Waals surface area contributed by atoms with E-state index >= 15 is 0 Å². The average Bonchev–Trinajstić information content (AvgIpc) is 2.29. The van der Waals surface area contributed by atoms with Gasteiger partial charge in [-0.05, 0) is 20.8 Å². The van der Waals surface area contributed by atoms with Gasteiger partial charge >= 0.3 is 0 Å². The minimum atomic E-state index is 0.0442. The molecule has 0 fully saturated rings. The second-order valence-corrected chi connectivity index (χ2v) is 3.85. The van der Waals surface area contributed by atoms with Crippen molar-refractivity contribution in [3.63, 3.8) is 0 Å². The molecule has 0 spiro atoms. The maximum atomic E-state index is 11.3. The predicted molar refractivity (Wildman–Crippen MR) is 72.7 cm³/mol. The Balaban J connectivity index is 2.48. The molecule has 0 aliphatic heterocycles. The van der Waals surface area contributed by atoms with E-state index in [4.69, 9.17) is 0 Å². The highest BCUT2D eigenvalue weighted by atomic mass is 16.1. The van der Waals surface area contributed by atoms with Gasteiger partial charge in [0.25, 0.3) is 0 Å². The molecule has 1 aromatic rings. The van der Waals surface area contributed by atoms with Crippen LogP contribution in [-0.2, 0) is 4.79 Å². The molecule has 6 nitrogen and oxygen atoms in total. The standard InChI is InChI=1S/C12H21N5O/c1-4-13-10-8-11(17-9(3)16-10)15-7-6-12(18)14-5-2/h8H,4-7H2,1-3H3,(H,14,18)(H2,13,15,16,17). The maximum Gasteiger partial charge on any atom is 0.221 e. The first-order valence-electron chi connectivity index (χ1n) is 6.25. The Morgan fingerprint density at radius 1 is 1.17 bits per heavy atom. The normalized spacial score (nSPS) is 9.94. The first-order chi connectivity index (χ1) is 8.65. The number of nitrogens with one attached hydrogen (secondary N) is 3. The van der Waals surface area contributed by atoms with Gasteiger partial charge in [0.1, 0.15) is 17.5 Å². The third kappa shape index (κ3) is 4.99. The Bertz CT molecular complexity index is 394. The summed E-state index contributed by atoms with van der Waals surface area (Å²) in [5, 5.41) is 9.01. The van der Waals surface area contributed by atoms with Gasteiger partial charge in [-0.25, -0.2) is 9.97 Å². The number of carbonyl (C=O) groups is 1. The summed E-state index contributed by atoms with van der Waals surface area (Å²) in [5.41, 5.74) is 0. The number of hydrogen-bond donors (Lipinski definition) is 3. The Kier molecular flexibility index (Phi) is 5.90. The number of aromatic nitrogens is 2. The average molecular weight is 251 g/mol. The smallest absolute Gasteiger partial charge is 0.221 e. The van der Waals surface area contributed by atoms with Crippen LogP contribution in [0.15, 0.2) is 6.07 Å². The lowest BCUT2D eigenvalue weighted by molar-refractivity contribution is -0.120. The number of hydrogen-bond acceptors (Lipinski definition) is 5. The number of anilines is 2. The molecular weight excluding hydrogens is 230 g/mol. The Morgan fingerprint density at radius 2 is 1.83 bits per heavy atom. The minimum Gasteiger partial charge on any atom is -0.370 e. The fourth-order valence-electron chi connectivity index (χ4n) is 1.52. The van der Waals surface area contributed by atoms with E-state index in [0.29, 0.717) is 25.3 Å². The highest BCUT2D eigenvalue weighted by molar-refractivity contribution is 5.76. The van der Waals surface area contributed by atoms with E-state index in [1.54, 1.807) is 0 Å². The lowest BCUT2D eigenvalue weighted by Crippen LogP contribution is -2.24. The van der Waals surface area contributed by atoms with Gasteiger partial charge in [-0.2, -0.15) is 0 Å². The molecule has 0 saturated carbocycles. The minimum absolute atomic E-state index is 0.0442. The summed E-state index contributed by atoms with van der Waals surface area (Å²) >= 11 is 0. The van der Waals surface area contributed by atoms with E-state index in [1.807, 2.05) is 26.8 Å². The summed E-state index contributed by atoms with van der Waals surface area (Å²) in [6.07, 6.45) is 0.438. The zero-order valence-corrected chi connectivity index (χ0v) is 11.2. The predicted octanol–water partition coefficient (Wildman–Crippen LogP) is 1.15. The van der Waals surface area contributed by atoms with Crippen molar-refractivity contribution in [2.75, 3.05) is 30.3 Å². The van der Waals surface area contributed by atoms with Crippen LogP contribution in [0.3, 0.4) is 0 Å². The van der Waals surface area contributed by atoms with Crippen LogP contribution in [0.4, 0.5) is 11.6 Å². The molecule has 0 aliphatic rings. The van der Waals surface area contributed by atoms with Crippen molar-refractivity contribution in [1.82, 2.24) is 15.3 Å². The highest BCUT2D eigenvalue weighted by Crippen LogP contribution is 2.10. The van der Waals surface area contributed by atoms with Crippen LogP contribution in [0.25, 0.3) is 0 Å². The third-order valence-corrected chi connectivity index (χ3v) is 2.23. The van der Waals surface area contributed by atoms with Crippen LogP contribution in [-0.4, -0.2) is 35.5 Å². The van der Waals surface area contributed by atoms with Gasteiger partial charge < -0.3 is 16.0 Å². The Hall–Kier alpha value is -1.85. The largest absolute Gasteiger partial charge is 0.370 e. The van der Waals surface area contributed by atoms with Crippen molar-refractivity contribution in [3.05, 3.63) is 11.9 Å². The van der Waals surface area contributed by atoms with Gasteiger partial charge in [0.05, 0.1) is 0 Å². The summed E-state index contributed by atoms with van der Waals surface area (Å²) in [6, 6.07) is 1.84. The SMILES string of the molecule is CCNC(=O)CCNc1cc(NCC)nc(C)n1. The summed E-state index contributed by atoms with van der Waals surface area (Å²) < 4.78 is 0. The number of carbonyl (C=O) groups excluding carboxylic acids is 1. The fraction of sp³-hybridized carbons (Fsp3) is 0.583. The van der Waals surface area contributed by atoms with Crippen LogP contribution in [0.1, 0.15) is 26.1 Å². The molecule has 0 unspecified atom stereocenters. The number of rotatable bonds is 7. The molecule has 1 rings (SSSR count). The summed E-state index contributed by atoms with van der Waals surface area (Å²) in [7, 11) is 0. The Morgan fingerprint density at radius 3 is 2.44 bits per heavy atom. The quantitative estimate of drug-likeness (QED) is 0.677. The van der Waals surface area contributed by atoms with Crippen LogP contribution in [0.5, 0.6) is 0 Å². The van der Waals surface area contributed by atoms with Crippen LogP contribution in [0, 0.1) is 6.92 Å². The molecule has 0 atom stereocenters. The van der Waals surface area contributed by atoms with E-state index in [9.17, 15) is 4.79 Å². The molecular formula is C12H21N5O. The molecule has 18 heavy (non-hydrogen) atoms. The summed E-state index contributed by atoms with van der Waals surface area (Å²) in [6.45, 7) is 7.80. The maximum absolute atomic E-state index is 11.3. The van der Waals surface area contributed by atoms with Crippen LogP contribution in [0.2, 0.25) is 0 Å². The molecule has 0 bridgehead atoms. The molecule has 1 aromatic heterocycles. The molecule has 0 saturated heterocycles. The van der Waals surface area contributed by atoms with Gasteiger partial charge in [0.15, 0.2) is 0 Å². The molecule has 3 N–H and O–H groups in total. The van der Waals surface area contributed by atoms with Gasteiger partial charge in [0, 0.05) is 32.1 Å². The van der Waals surface area contributed by atoms with E-state index in [0.717, 1.165) is 18.2 Å². The van der Waals surface area contributed by atoms with Gasteiger partial charge in [0.2, 0.25) is 5.91 Å². The first kappa shape index (κ1) is 14.2. The third-order valence-electron chi connectivity index (χ3n) is 2.23. The lowest BCUT2D eigenvalue weighted by atomic mass is 10.4. The molecule has 100 valence electrons. The Labute approximate surface area is 108 Å². The lowest BCUT2D eigenvalue weighted by Gasteiger charge is -2.09. The van der Waals surface area contributed by atoms with Crippen molar-refractivity contribution >= 4 is 17.5 Å². The number of aryl methyl sites for hydroxylation is 1. The fourth-order valence-corrected chi connectivity index (χ4v) is 1.52. The summed E-state index contributed by atoms with van der Waals surface area (Å²) in [4.78, 5) is 19.8. The van der Waals surface area contributed by atoms with E-state index < -0.39 is 0 Å². The summed E-state index contributed by atoms with van der Waals surface area (Å²) in [5.74, 6) is 2.28. The second kappa shape index (κ2) is 7.47. The van der Waals surface area contributed by atoms with Crippen molar-refractivity contribution < 1.29 is 4.79 Å². The topological polar surface area (TPSA) is 78.9 Å². The van der Waals surface area contributed by atoms with Gasteiger partial charge in [-0.1, -0.05) is 0 Å². The monoisotopic (exact) mass is 251 g/mol. The first-order valence-corrected chi connectivity index (χ1v) is 6.25. The number of nitrogens with zero attached hydrogens (tertiary/aromatic N) is 2. The van der Waals surface area contributed by atoms with Crippen molar-refractivity contribution in [2.45, 2.75) is 27.2 Å². The number of amides is 1. The van der Waals surface area contributed by atoms with Crippen molar-refractivity contribution in [3.8, 4) is 0 Å². The van der Waals surface area contributed by atoms with E-state index in [2.05, 4.69) is 25.9 Å². The zero-order chi connectivity index (χ0) is 13.4. The van der Waals surface area contributed by atoms with Crippen molar-refractivity contribution in [1.29, 1.82) is 0 Å². The second-order valence-electron chi connectivity index (χ2n) is 3.85. The van der Waals surface area contributed by atoms with Gasteiger partial charge in [-0.3, -0.25) is 4.79 Å². The van der Waals surface area contributed by atoms with Crippen LogP contribution < -0.4 is 16.0 Å². The zero-order valence-electron chi connectivity index (χ0n) is 11.2. The van der Waals surface area contributed by atoms with Crippen LogP contribution >= 0.6 is 0 Å². The molecule has 6 heteroatoms. The van der Waals surface area contributed by atoms with E-state index in [1.165, 1.54) is 0 Å². The van der Waals surface area contributed by atoms with Gasteiger partial charge in [-0.15, -0.1) is 0 Å². The molecule has 0 aliphatic carbocycles. The molecule has 0 radical (unpaired) electrons. The molecule has 1 heterocycles. The molecule has 1 amide bonds. The van der Waals surface area contributed by atoms with Crippen molar-refractivity contribution in [2.24, 2.45) is 0 Å².